The third-order valence-corrected chi connectivity index (χ3v) is 3.56. The largest absolute Gasteiger partial charge is 0.508 e. The van der Waals surface area contributed by atoms with E-state index in [1.807, 2.05) is 30.5 Å². The number of amides is 1. The highest BCUT2D eigenvalue weighted by atomic mass is 32.2. The van der Waals surface area contributed by atoms with Crippen LogP contribution in [0.15, 0.2) is 47.4 Å². The lowest BCUT2D eigenvalue weighted by Gasteiger charge is -2.07. The molecule has 98 valence electrons. The summed E-state index contributed by atoms with van der Waals surface area (Å²) in [5.74, 6) is -0.0995. The van der Waals surface area contributed by atoms with Gasteiger partial charge in [0.25, 0.3) is 5.91 Å². The van der Waals surface area contributed by atoms with E-state index >= 15 is 0 Å². The normalized spacial score (nSPS) is 10.2. The molecule has 1 amide bonds. The number of nitrogens with one attached hydrogen (secondary N) is 1. The maximum absolute atomic E-state index is 12.0. The number of benzene rings is 2. The maximum atomic E-state index is 12.0. The van der Waals surface area contributed by atoms with Crippen LogP contribution in [0.5, 0.6) is 5.75 Å². The molecule has 0 aromatic heterocycles. The quantitative estimate of drug-likeness (QED) is 0.839. The van der Waals surface area contributed by atoms with Gasteiger partial charge in [-0.15, -0.1) is 11.8 Å². The van der Waals surface area contributed by atoms with Crippen LogP contribution in [0.3, 0.4) is 0 Å². The number of anilines is 1. The molecule has 0 fully saturated rings. The van der Waals surface area contributed by atoms with Crippen LogP contribution in [0.25, 0.3) is 0 Å². The Morgan fingerprint density at radius 3 is 2.42 bits per heavy atom. The molecule has 2 rings (SSSR count). The number of rotatable bonds is 3. The number of hydrogen-bond donors (Lipinski definition) is 2. The third-order valence-electron chi connectivity index (χ3n) is 2.82. The van der Waals surface area contributed by atoms with Gasteiger partial charge in [-0.2, -0.15) is 0 Å². The van der Waals surface area contributed by atoms with Gasteiger partial charge in [-0.1, -0.05) is 6.07 Å². The summed E-state index contributed by atoms with van der Waals surface area (Å²) in [6.07, 6.45) is 2.00. The van der Waals surface area contributed by atoms with Crippen LogP contribution in [0, 0.1) is 6.92 Å². The standard InChI is InChI=1S/C15H15NO2S/c1-10-3-4-11(9-14(10)17)15(18)16-12-5-7-13(19-2)8-6-12/h3-9,17H,1-2H3,(H,16,18). The number of carbonyl (C=O) groups is 1. The van der Waals surface area contributed by atoms with E-state index in [1.165, 1.54) is 6.07 Å². The van der Waals surface area contributed by atoms with Gasteiger partial charge in [0.2, 0.25) is 0 Å². The van der Waals surface area contributed by atoms with Crippen molar-refractivity contribution in [3.8, 4) is 5.75 Å². The topological polar surface area (TPSA) is 49.3 Å². The first-order valence-electron chi connectivity index (χ1n) is 5.85. The molecule has 0 bridgehead atoms. The molecule has 0 spiro atoms. The Kier molecular flexibility index (Phi) is 4.12. The number of hydrogen-bond acceptors (Lipinski definition) is 3. The van der Waals surface area contributed by atoms with Crippen molar-refractivity contribution < 1.29 is 9.90 Å². The van der Waals surface area contributed by atoms with Crippen LogP contribution < -0.4 is 5.32 Å². The molecule has 19 heavy (non-hydrogen) atoms. The molecule has 2 aromatic rings. The molecule has 0 aliphatic carbocycles. The Morgan fingerprint density at radius 1 is 1.16 bits per heavy atom. The third kappa shape index (κ3) is 3.29. The molecule has 2 N–H and O–H groups in total. The monoisotopic (exact) mass is 273 g/mol. The zero-order chi connectivity index (χ0) is 13.8. The van der Waals surface area contributed by atoms with E-state index in [0.29, 0.717) is 5.56 Å². The Bertz CT molecular complexity index is 594. The van der Waals surface area contributed by atoms with E-state index in [4.69, 9.17) is 0 Å². The Morgan fingerprint density at radius 2 is 1.84 bits per heavy atom. The zero-order valence-electron chi connectivity index (χ0n) is 10.8. The molecular formula is C15H15NO2S. The van der Waals surface area contributed by atoms with E-state index in [2.05, 4.69) is 5.32 Å². The first kappa shape index (κ1) is 13.5. The smallest absolute Gasteiger partial charge is 0.255 e. The Labute approximate surface area is 116 Å². The van der Waals surface area contributed by atoms with Crippen molar-refractivity contribution in [2.24, 2.45) is 0 Å². The predicted molar refractivity (Wildman–Crippen MR) is 79.0 cm³/mol. The number of phenols is 1. The van der Waals surface area contributed by atoms with Gasteiger partial charge in [-0.25, -0.2) is 0 Å². The number of aromatic hydroxyl groups is 1. The van der Waals surface area contributed by atoms with Gasteiger partial charge in [0.1, 0.15) is 5.75 Å². The fourth-order valence-electron chi connectivity index (χ4n) is 1.63. The van der Waals surface area contributed by atoms with Crippen molar-refractivity contribution in [2.75, 3.05) is 11.6 Å². The molecule has 2 aromatic carbocycles. The second-order valence-corrected chi connectivity index (χ2v) is 5.06. The lowest BCUT2D eigenvalue weighted by Crippen LogP contribution is -2.11. The molecule has 0 aliphatic heterocycles. The fourth-order valence-corrected chi connectivity index (χ4v) is 2.04. The van der Waals surface area contributed by atoms with Crippen LogP contribution in [0.1, 0.15) is 15.9 Å². The molecular weight excluding hydrogens is 258 g/mol. The van der Waals surface area contributed by atoms with Crippen molar-refractivity contribution in [2.45, 2.75) is 11.8 Å². The lowest BCUT2D eigenvalue weighted by atomic mass is 10.1. The van der Waals surface area contributed by atoms with Crippen LogP contribution >= 0.6 is 11.8 Å². The Balaban J connectivity index is 2.13. The van der Waals surface area contributed by atoms with Crippen molar-refractivity contribution in [3.63, 3.8) is 0 Å². The van der Waals surface area contributed by atoms with Gasteiger partial charge < -0.3 is 10.4 Å². The van der Waals surface area contributed by atoms with E-state index in [9.17, 15) is 9.90 Å². The number of aryl methyl sites for hydroxylation is 1. The van der Waals surface area contributed by atoms with Crippen LogP contribution in [0.2, 0.25) is 0 Å². The number of thioether (sulfide) groups is 1. The summed E-state index contributed by atoms with van der Waals surface area (Å²) in [6, 6.07) is 12.5. The lowest BCUT2D eigenvalue weighted by molar-refractivity contribution is 0.102. The molecule has 0 radical (unpaired) electrons. The van der Waals surface area contributed by atoms with Gasteiger partial charge >= 0.3 is 0 Å². The summed E-state index contributed by atoms with van der Waals surface area (Å²) < 4.78 is 0. The van der Waals surface area contributed by atoms with Gasteiger partial charge in [0.15, 0.2) is 0 Å². The average Bonchev–Trinajstić information content (AvgIpc) is 2.42. The molecule has 4 heteroatoms. The highest BCUT2D eigenvalue weighted by Crippen LogP contribution is 2.20. The van der Waals surface area contributed by atoms with E-state index in [0.717, 1.165) is 16.1 Å². The second kappa shape index (κ2) is 5.80. The summed E-state index contributed by atoms with van der Waals surface area (Å²) in [4.78, 5) is 13.1. The molecule has 0 aliphatic rings. The zero-order valence-corrected chi connectivity index (χ0v) is 11.6. The van der Waals surface area contributed by atoms with Gasteiger partial charge in [0, 0.05) is 16.1 Å². The van der Waals surface area contributed by atoms with Gasteiger partial charge in [0.05, 0.1) is 0 Å². The first-order chi connectivity index (χ1) is 9.10. The molecule has 0 saturated heterocycles. The van der Waals surface area contributed by atoms with Crippen LogP contribution in [-0.4, -0.2) is 17.3 Å². The average molecular weight is 273 g/mol. The summed E-state index contributed by atoms with van der Waals surface area (Å²) in [7, 11) is 0. The maximum Gasteiger partial charge on any atom is 0.255 e. The summed E-state index contributed by atoms with van der Waals surface area (Å²) in [5, 5.41) is 12.4. The summed E-state index contributed by atoms with van der Waals surface area (Å²) in [6.45, 7) is 1.79. The number of phenolic OH excluding ortho intramolecular Hbond substituents is 1. The van der Waals surface area contributed by atoms with Crippen molar-refractivity contribution in [1.29, 1.82) is 0 Å². The molecule has 0 saturated carbocycles. The minimum absolute atomic E-state index is 0.130. The predicted octanol–water partition coefficient (Wildman–Crippen LogP) is 3.67. The highest BCUT2D eigenvalue weighted by Gasteiger charge is 2.08. The van der Waals surface area contributed by atoms with Crippen LogP contribution in [0.4, 0.5) is 5.69 Å². The minimum Gasteiger partial charge on any atom is -0.508 e. The molecule has 0 unspecified atom stereocenters. The molecule has 3 nitrogen and oxygen atoms in total. The van der Waals surface area contributed by atoms with Crippen LogP contribution in [-0.2, 0) is 0 Å². The Hall–Kier alpha value is -1.94. The summed E-state index contributed by atoms with van der Waals surface area (Å²) in [5.41, 5.74) is 1.93. The summed E-state index contributed by atoms with van der Waals surface area (Å²) >= 11 is 1.65. The van der Waals surface area contributed by atoms with E-state index in [-0.39, 0.29) is 11.7 Å². The highest BCUT2D eigenvalue weighted by molar-refractivity contribution is 7.98. The first-order valence-corrected chi connectivity index (χ1v) is 7.07. The second-order valence-electron chi connectivity index (χ2n) is 4.18. The molecule has 0 heterocycles. The van der Waals surface area contributed by atoms with Crippen molar-refractivity contribution >= 4 is 23.4 Å². The minimum atomic E-state index is -0.229. The number of carbonyl (C=O) groups excluding carboxylic acids is 1. The molecule has 0 atom stereocenters. The van der Waals surface area contributed by atoms with E-state index in [1.54, 1.807) is 30.8 Å². The van der Waals surface area contributed by atoms with E-state index < -0.39 is 0 Å². The van der Waals surface area contributed by atoms with Crippen molar-refractivity contribution in [3.05, 3.63) is 53.6 Å². The SMILES string of the molecule is CSc1ccc(NC(=O)c2ccc(C)c(O)c2)cc1. The fraction of sp³-hybridized carbons (Fsp3) is 0.133. The van der Waals surface area contributed by atoms with Gasteiger partial charge in [-0.05, 0) is 55.1 Å². The van der Waals surface area contributed by atoms with Crippen molar-refractivity contribution in [1.82, 2.24) is 0 Å². The van der Waals surface area contributed by atoms with Gasteiger partial charge in [-0.3, -0.25) is 4.79 Å².